The molecule has 0 spiro atoms. The molecular weight excluding hydrogens is 503 g/mol. The lowest BCUT2D eigenvalue weighted by Gasteiger charge is -2.28. The predicted molar refractivity (Wildman–Crippen MR) is 153 cm³/mol. The van der Waals surface area contributed by atoms with Crippen molar-refractivity contribution in [3.05, 3.63) is 59.4 Å². The molecule has 11 heteroatoms. The molecule has 0 saturated carbocycles. The average Bonchev–Trinajstić information content (AvgIpc) is 2.89. The Labute approximate surface area is 229 Å². The lowest BCUT2D eigenvalue weighted by Crippen LogP contribution is -2.44. The molecule has 39 heavy (non-hydrogen) atoms. The smallest absolute Gasteiger partial charge is 0.292 e. The number of amides is 1. The van der Waals surface area contributed by atoms with Crippen LogP contribution in [0, 0.1) is 16.6 Å². The number of rotatable bonds is 13. The molecule has 1 amide bonds. The molecule has 2 rings (SSSR count). The van der Waals surface area contributed by atoms with Gasteiger partial charge in [0.15, 0.2) is 5.96 Å². The molecule has 0 aromatic heterocycles. The van der Waals surface area contributed by atoms with Gasteiger partial charge >= 0.3 is 0 Å². The number of ether oxygens (including phenoxy) is 2. The van der Waals surface area contributed by atoms with Gasteiger partial charge in [0.2, 0.25) is 0 Å². The van der Waals surface area contributed by atoms with Crippen LogP contribution in [0.4, 0.5) is 10.1 Å². The highest BCUT2D eigenvalue weighted by Gasteiger charge is 2.26. The largest absolute Gasteiger partial charge is 0.493 e. The molecule has 10 nitrogen and oxygen atoms in total. The normalized spacial score (nSPS) is 11.2. The second kappa shape index (κ2) is 16.6. The first kappa shape index (κ1) is 32.9. The van der Waals surface area contributed by atoms with Gasteiger partial charge in [0.05, 0.1) is 19.3 Å². The number of guanidine groups is 1. The van der Waals surface area contributed by atoms with Crippen LogP contribution in [0.15, 0.2) is 47.5 Å². The molecule has 2 aromatic carbocycles. The Kier molecular flexibility index (Phi) is 14.0. The van der Waals surface area contributed by atoms with Gasteiger partial charge in [-0.3, -0.25) is 20.0 Å². The first-order valence-electron chi connectivity index (χ1n) is 12.6. The van der Waals surface area contributed by atoms with Crippen LogP contribution in [-0.4, -0.2) is 50.4 Å². The van der Waals surface area contributed by atoms with Crippen LogP contribution in [0.3, 0.4) is 0 Å². The Balaban J connectivity index is 0.00000177. The molecule has 0 saturated heterocycles. The van der Waals surface area contributed by atoms with Crippen molar-refractivity contribution in [2.24, 2.45) is 21.9 Å². The number of benzene rings is 2. The van der Waals surface area contributed by atoms with E-state index in [9.17, 15) is 9.18 Å². The third-order valence-corrected chi connectivity index (χ3v) is 5.75. The lowest BCUT2D eigenvalue weighted by molar-refractivity contribution is -0.126. The van der Waals surface area contributed by atoms with Gasteiger partial charge in [0.1, 0.15) is 17.3 Å². The zero-order valence-electron chi connectivity index (χ0n) is 23.3. The number of halogens is 1. The lowest BCUT2D eigenvalue weighted by atomic mass is 9.88. The third-order valence-electron chi connectivity index (χ3n) is 5.75. The second-order valence-electron chi connectivity index (χ2n) is 9.79. The molecule has 0 radical (unpaired) electrons. The number of carbonyl (C=O) groups is 2. The molecule has 0 aliphatic rings. The summed E-state index contributed by atoms with van der Waals surface area (Å²) >= 11 is 0. The van der Waals surface area contributed by atoms with Crippen molar-refractivity contribution >= 4 is 29.7 Å². The molecule has 7 N–H and O–H groups in total. The summed E-state index contributed by atoms with van der Waals surface area (Å²) in [7, 11) is 1.31. The van der Waals surface area contributed by atoms with Crippen LogP contribution in [0.2, 0.25) is 0 Å². The third kappa shape index (κ3) is 12.3. The number of aliphatic imine (C=N–C) groups is 1. The molecule has 0 heterocycles. The number of nitrogens with zero attached hydrogens (tertiary/aromatic N) is 1. The van der Waals surface area contributed by atoms with Crippen LogP contribution in [0.25, 0.3) is 0 Å². The number of carbonyl (C=O) groups excluding carboxylic acids is 2. The summed E-state index contributed by atoms with van der Waals surface area (Å²) in [6, 6.07) is 11.3. The fraction of sp³-hybridized carbons (Fsp3) is 0.429. The molecule has 1 unspecified atom stereocenters. The SMILES string of the molecule is CC(NC(=O)C(=N)c1c(NCc2ccc(F)cc2)cccc1OCCCCN=C(N)N)C(C)(C)C.COC=O. The molecule has 0 aliphatic heterocycles. The van der Waals surface area contributed by atoms with E-state index in [1.54, 1.807) is 30.3 Å². The van der Waals surface area contributed by atoms with Crippen molar-refractivity contribution in [2.45, 2.75) is 53.1 Å². The Morgan fingerprint density at radius 2 is 1.79 bits per heavy atom. The number of hydrogen-bond donors (Lipinski definition) is 5. The average molecular weight is 545 g/mol. The molecular formula is C28H41FN6O4. The van der Waals surface area contributed by atoms with E-state index in [2.05, 4.69) is 20.4 Å². The van der Waals surface area contributed by atoms with E-state index < -0.39 is 5.91 Å². The number of hydrogen-bond acceptors (Lipinski definition) is 7. The second-order valence-corrected chi connectivity index (χ2v) is 9.79. The van der Waals surface area contributed by atoms with Crippen LogP contribution < -0.4 is 26.8 Å². The Morgan fingerprint density at radius 1 is 1.15 bits per heavy atom. The fourth-order valence-electron chi connectivity index (χ4n) is 3.06. The van der Waals surface area contributed by atoms with Gasteiger partial charge in [-0.15, -0.1) is 0 Å². The van der Waals surface area contributed by atoms with Crippen molar-refractivity contribution in [3.63, 3.8) is 0 Å². The van der Waals surface area contributed by atoms with E-state index in [1.165, 1.54) is 19.2 Å². The van der Waals surface area contributed by atoms with Crippen LogP contribution in [0.5, 0.6) is 5.75 Å². The van der Waals surface area contributed by atoms with Gasteiger partial charge in [-0.2, -0.15) is 0 Å². The van der Waals surface area contributed by atoms with Gasteiger partial charge in [0, 0.05) is 24.8 Å². The minimum Gasteiger partial charge on any atom is -0.493 e. The van der Waals surface area contributed by atoms with Gasteiger partial charge in [-0.1, -0.05) is 39.0 Å². The van der Waals surface area contributed by atoms with Crippen LogP contribution in [0.1, 0.15) is 51.7 Å². The minimum atomic E-state index is -0.485. The van der Waals surface area contributed by atoms with E-state index in [1.807, 2.05) is 27.7 Å². The highest BCUT2D eigenvalue weighted by atomic mass is 19.1. The van der Waals surface area contributed by atoms with E-state index in [0.29, 0.717) is 49.6 Å². The molecule has 214 valence electrons. The number of anilines is 1. The molecule has 1 atom stereocenters. The summed E-state index contributed by atoms with van der Waals surface area (Å²) in [5.41, 5.74) is 12.1. The molecule has 0 fully saturated rings. The summed E-state index contributed by atoms with van der Waals surface area (Å²) < 4.78 is 23.1. The molecule has 0 bridgehead atoms. The van der Waals surface area contributed by atoms with Gasteiger partial charge in [-0.05, 0) is 55.0 Å². The van der Waals surface area contributed by atoms with Crippen molar-refractivity contribution in [1.29, 1.82) is 5.41 Å². The van der Waals surface area contributed by atoms with Crippen LogP contribution in [-0.2, 0) is 20.9 Å². The van der Waals surface area contributed by atoms with Gasteiger partial charge in [-0.25, -0.2) is 4.39 Å². The maximum atomic E-state index is 13.3. The number of unbranched alkanes of at least 4 members (excludes halogenated alkanes) is 1. The van der Waals surface area contributed by atoms with E-state index in [-0.39, 0.29) is 28.9 Å². The number of nitrogens with two attached hydrogens (primary N) is 2. The highest BCUT2D eigenvalue weighted by Crippen LogP contribution is 2.29. The minimum absolute atomic E-state index is 0.0529. The topological polar surface area (TPSA) is 165 Å². The monoisotopic (exact) mass is 544 g/mol. The summed E-state index contributed by atoms with van der Waals surface area (Å²) in [5, 5.41) is 14.9. The van der Waals surface area contributed by atoms with Crippen molar-refractivity contribution < 1.29 is 23.5 Å². The van der Waals surface area contributed by atoms with E-state index in [0.717, 1.165) is 12.0 Å². The Hall–Kier alpha value is -4.15. The maximum absolute atomic E-state index is 13.3. The maximum Gasteiger partial charge on any atom is 0.292 e. The van der Waals surface area contributed by atoms with Crippen LogP contribution >= 0.6 is 0 Å². The summed E-state index contributed by atoms with van der Waals surface area (Å²) in [6.07, 6.45) is 1.43. The predicted octanol–water partition coefficient (Wildman–Crippen LogP) is 3.58. The zero-order chi connectivity index (χ0) is 29.4. The first-order chi connectivity index (χ1) is 18.4. The first-order valence-corrected chi connectivity index (χ1v) is 12.6. The van der Waals surface area contributed by atoms with Crippen molar-refractivity contribution in [1.82, 2.24) is 5.32 Å². The Bertz CT molecular complexity index is 1100. The molecule has 2 aromatic rings. The van der Waals surface area contributed by atoms with E-state index in [4.69, 9.17) is 26.4 Å². The summed E-state index contributed by atoms with van der Waals surface area (Å²) in [5.74, 6) is -0.311. The summed E-state index contributed by atoms with van der Waals surface area (Å²) in [4.78, 5) is 25.9. The highest BCUT2D eigenvalue weighted by molar-refractivity contribution is 6.45. The zero-order valence-corrected chi connectivity index (χ0v) is 23.3. The van der Waals surface area contributed by atoms with Gasteiger partial charge in [0.25, 0.3) is 12.4 Å². The van der Waals surface area contributed by atoms with E-state index >= 15 is 0 Å². The quantitative estimate of drug-likeness (QED) is 0.111. The number of methoxy groups -OCH3 is 1. The summed E-state index contributed by atoms with van der Waals surface area (Å²) in [6.45, 7) is 9.63. The number of nitrogens with one attached hydrogen (secondary N) is 3. The standard InChI is InChI=1S/C26H37FN6O2.C2H4O2/c1-17(26(2,3)4)33-24(34)23(28)22-20(32-16-18-10-12-19(27)13-11-18)8-7-9-21(22)35-15-6-5-14-31-25(29)30;1-4-2-3/h7-13,17,28,32H,5-6,14-16H2,1-4H3,(H,33,34)(H4,29,30,31);2H,1H3. The molecule has 0 aliphatic carbocycles. The van der Waals surface area contributed by atoms with Crippen molar-refractivity contribution in [2.75, 3.05) is 25.6 Å². The fourth-order valence-corrected chi connectivity index (χ4v) is 3.06. The van der Waals surface area contributed by atoms with Gasteiger partial charge < -0.3 is 31.6 Å². The Morgan fingerprint density at radius 3 is 2.36 bits per heavy atom. The van der Waals surface area contributed by atoms with Crippen molar-refractivity contribution in [3.8, 4) is 5.75 Å².